The van der Waals surface area contributed by atoms with Crippen molar-refractivity contribution in [1.29, 1.82) is 0 Å². The second-order valence-corrected chi connectivity index (χ2v) is 6.57. The van der Waals surface area contributed by atoms with Gasteiger partial charge < -0.3 is 8.97 Å². The quantitative estimate of drug-likeness (QED) is 0.561. The summed E-state index contributed by atoms with van der Waals surface area (Å²) in [4.78, 5) is 17.7. The maximum absolute atomic E-state index is 13.2. The molecule has 0 saturated heterocycles. The predicted octanol–water partition coefficient (Wildman–Crippen LogP) is 3.96. The van der Waals surface area contributed by atoms with Gasteiger partial charge in [-0.1, -0.05) is 29.8 Å². The van der Waals surface area contributed by atoms with Gasteiger partial charge in [0.25, 0.3) is 5.56 Å². The summed E-state index contributed by atoms with van der Waals surface area (Å²) < 4.78 is 3.87. The highest BCUT2D eigenvalue weighted by molar-refractivity contribution is 6.03. The fourth-order valence-electron chi connectivity index (χ4n) is 3.46. The predicted molar refractivity (Wildman–Crippen MR) is 95.4 cm³/mol. The summed E-state index contributed by atoms with van der Waals surface area (Å²) in [6.07, 6.45) is 7.89. The number of hydrogen-bond donors (Lipinski definition) is 0. The zero-order chi connectivity index (χ0) is 16.3. The van der Waals surface area contributed by atoms with Crippen molar-refractivity contribution in [1.82, 2.24) is 14.0 Å². The maximum Gasteiger partial charge on any atom is 0.275 e. The molecule has 0 N–H and O–H groups in total. The smallest absolute Gasteiger partial charge is 0.275 e. The van der Waals surface area contributed by atoms with Crippen molar-refractivity contribution < 1.29 is 0 Å². The molecule has 4 aromatic rings. The van der Waals surface area contributed by atoms with E-state index in [-0.39, 0.29) is 5.56 Å². The summed E-state index contributed by atoms with van der Waals surface area (Å²) in [5, 5.41) is 0. The number of fused-ring (bicyclic) bond motifs is 3. The van der Waals surface area contributed by atoms with E-state index >= 15 is 0 Å². The van der Waals surface area contributed by atoms with Crippen LogP contribution in [0.1, 0.15) is 24.4 Å². The van der Waals surface area contributed by atoms with Gasteiger partial charge in [0.05, 0.1) is 11.0 Å². The lowest BCUT2D eigenvalue weighted by Crippen LogP contribution is -2.20. The van der Waals surface area contributed by atoms with Crippen LogP contribution in [0.4, 0.5) is 0 Å². The van der Waals surface area contributed by atoms with Crippen molar-refractivity contribution in [2.75, 3.05) is 0 Å². The highest BCUT2D eigenvalue weighted by atomic mass is 16.1. The molecule has 24 heavy (non-hydrogen) atoms. The lowest BCUT2D eigenvalue weighted by molar-refractivity contribution is 0.704. The third kappa shape index (κ3) is 1.86. The molecular weight excluding hydrogens is 298 g/mol. The first-order valence-corrected chi connectivity index (χ1v) is 8.31. The van der Waals surface area contributed by atoms with E-state index < -0.39 is 0 Å². The molecule has 0 aliphatic heterocycles. The van der Waals surface area contributed by atoms with E-state index in [2.05, 4.69) is 36.2 Å². The molecule has 1 fully saturated rings. The second-order valence-electron chi connectivity index (χ2n) is 6.57. The molecule has 0 bridgehead atoms. The average molecular weight is 315 g/mol. The molecule has 5 rings (SSSR count). The standard InChI is InChI=1S/C20H17N3O/c1-13-4-6-14(7-5-13)17-18-16(3-2-10-21-18)23-12-11-22(15-8-9-15)20(24)19(17)23/h2-7,10-12,15H,8-9H2,1H3. The SMILES string of the molecule is Cc1ccc(-c2c3ncccc3n3ccn(C4CC4)c(=O)c23)cc1. The van der Waals surface area contributed by atoms with Crippen LogP contribution in [-0.2, 0) is 0 Å². The van der Waals surface area contributed by atoms with E-state index in [4.69, 9.17) is 0 Å². The van der Waals surface area contributed by atoms with Crippen molar-refractivity contribution in [2.24, 2.45) is 0 Å². The molecule has 1 aliphatic rings. The maximum atomic E-state index is 13.2. The third-order valence-electron chi connectivity index (χ3n) is 4.85. The molecule has 3 heterocycles. The number of aryl methyl sites for hydroxylation is 1. The summed E-state index contributed by atoms with van der Waals surface area (Å²) in [6, 6.07) is 12.6. The molecule has 1 aliphatic carbocycles. The molecule has 0 atom stereocenters. The Labute approximate surface area is 139 Å². The highest BCUT2D eigenvalue weighted by Crippen LogP contribution is 2.36. The largest absolute Gasteiger partial charge is 0.309 e. The summed E-state index contributed by atoms with van der Waals surface area (Å²) in [5.74, 6) is 0. The lowest BCUT2D eigenvalue weighted by atomic mass is 10.0. The molecule has 0 radical (unpaired) electrons. The highest BCUT2D eigenvalue weighted by Gasteiger charge is 2.26. The third-order valence-corrected chi connectivity index (χ3v) is 4.85. The zero-order valence-corrected chi connectivity index (χ0v) is 13.4. The van der Waals surface area contributed by atoms with Gasteiger partial charge in [0.1, 0.15) is 5.52 Å². The van der Waals surface area contributed by atoms with Gasteiger partial charge in [-0.2, -0.15) is 0 Å². The molecule has 4 heteroatoms. The van der Waals surface area contributed by atoms with E-state index in [9.17, 15) is 4.79 Å². The number of aromatic nitrogens is 3. The van der Waals surface area contributed by atoms with Crippen molar-refractivity contribution in [3.05, 3.63) is 70.9 Å². The van der Waals surface area contributed by atoms with E-state index in [1.807, 2.05) is 33.5 Å². The van der Waals surface area contributed by atoms with Gasteiger partial charge in [0.15, 0.2) is 0 Å². The molecule has 118 valence electrons. The van der Waals surface area contributed by atoms with Gasteiger partial charge in [0, 0.05) is 30.2 Å². The zero-order valence-electron chi connectivity index (χ0n) is 13.4. The summed E-state index contributed by atoms with van der Waals surface area (Å²) >= 11 is 0. The van der Waals surface area contributed by atoms with Crippen LogP contribution in [0.25, 0.3) is 27.7 Å². The first-order chi connectivity index (χ1) is 11.7. The molecule has 0 unspecified atom stereocenters. The van der Waals surface area contributed by atoms with Gasteiger partial charge in [0.2, 0.25) is 0 Å². The average Bonchev–Trinajstić information content (AvgIpc) is 3.38. The van der Waals surface area contributed by atoms with Crippen LogP contribution in [0.5, 0.6) is 0 Å². The number of nitrogens with zero attached hydrogens (tertiary/aromatic N) is 3. The Hall–Kier alpha value is -2.88. The van der Waals surface area contributed by atoms with E-state index in [0.29, 0.717) is 6.04 Å². The van der Waals surface area contributed by atoms with E-state index in [1.54, 1.807) is 6.20 Å². The van der Waals surface area contributed by atoms with Gasteiger partial charge in [-0.15, -0.1) is 0 Å². The molecule has 4 nitrogen and oxygen atoms in total. The fraction of sp³-hybridized carbons (Fsp3) is 0.200. The molecule has 1 aromatic carbocycles. The first-order valence-electron chi connectivity index (χ1n) is 8.31. The van der Waals surface area contributed by atoms with Crippen LogP contribution in [0.2, 0.25) is 0 Å². The fourth-order valence-corrected chi connectivity index (χ4v) is 3.46. The molecule has 3 aromatic heterocycles. The van der Waals surface area contributed by atoms with Crippen LogP contribution in [0.3, 0.4) is 0 Å². The minimum Gasteiger partial charge on any atom is -0.309 e. The van der Waals surface area contributed by atoms with Crippen molar-refractivity contribution in [2.45, 2.75) is 25.8 Å². The van der Waals surface area contributed by atoms with Crippen molar-refractivity contribution >= 4 is 16.6 Å². The second kappa shape index (κ2) is 4.81. The Morgan fingerprint density at radius 3 is 2.62 bits per heavy atom. The summed E-state index contributed by atoms with van der Waals surface area (Å²) in [5.41, 5.74) is 5.84. The van der Waals surface area contributed by atoms with Crippen molar-refractivity contribution in [3.8, 4) is 11.1 Å². The minimum atomic E-state index is 0.0774. The van der Waals surface area contributed by atoms with Gasteiger partial charge >= 0.3 is 0 Å². The Bertz CT molecular complexity index is 1130. The van der Waals surface area contributed by atoms with Crippen LogP contribution in [0.15, 0.2) is 59.8 Å². The Morgan fingerprint density at radius 1 is 1.08 bits per heavy atom. The van der Waals surface area contributed by atoms with Gasteiger partial charge in [-0.3, -0.25) is 9.78 Å². The monoisotopic (exact) mass is 315 g/mol. The summed E-state index contributed by atoms with van der Waals surface area (Å²) in [7, 11) is 0. The molecule has 0 amide bonds. The Balaban J connectivity index is 1.96. The number of pyridine rings is 1. The van der Waals surface area contributed by atoms with Crippen LogP contribution in [-0.4, -0.2) is 14.0 Å². The van der Waals surface area contributed by atoms with Crippen molar-refractivity contribution in [3.63, 3.8) is 0 Å². The molecule has 1 saturated carbocycles. The number of benzene rings is 1. The summed E-state index contributed by atoms with van der Waals surface area (Å²) in [6.45, 7) is 2.07. The molecular formula is C20H17N3O. The van der Waals surface area contributed by atoms with E-state index in [0.717, 1.165) is 40.5 Å². The Kier molecular flexibility index (Phi) is 2.71. The van der Waals surface area contributed by atoms with Crippen LogP contribution in [0, 0.1) is 6.92 Å². The topological polar surface area (TPSA) is 39.3 Å². The number of hydrogen-bond acceptors (Lipinski definition) is 2. The van der Waals surface area contributed by atoms with Crippen LogP contribution < -0.4 is 5.56 Å². The Morgan fingerprint density at radius 2 is 1.88 bits per heavy atom. The van der Waals surface area contributed by atoms with Gasteiger partial charge in [-0.05, 0) is 37.5 Å². The van der Waals surface area contributed by atoms with E-state index in [1.165, 1.54) is 5.56 Å². The van der Waals surface area contributed by atoms with Crippen LogP contribution >= 0.6 is 0 Å². The normalized spacial score (nSPS) is 14.5. The number of rotatable bonds is 2. The minimum absolute atomic E-state index is 0.0774. The molecule has 0 spiro atoms. The van der Waals surface area contributed by atoms with Gasteiger partial charge in [-0.25, -0.2) is 0 Å². The lowest BCUT2D eigenvalue weighted by Gasteiger charge is -2.06. The first kappa shape index (κ1) is 13.5.